The minimum atomic E-state index is -5.07. The van der Waals surface area contributed by atoms with Crippen LogP contribution < -0.4 is 0 Å². The van der Waals surface area contributed by atoms with Crippen molar-refractivity contribution < 1.29 is 31.4 Å². The zero-order valence-corrected chi connectivity index (χ0v) is 8.34. The summed E-state index contributed by atoms with van der Waals surface area (Å²) >= 11 is 0. The minimum absolute atomic E-state index is 0.286. The molecule has 17 heavy (non-hydrogen) atoms. The fraction of sp³-hybridized carbons (Fsp3) is 0.714. The number of hydrogen-bond donors (Lipinski definition) is 1. The summed E-state index contributed by atoms with van der Waals surface area (Å²) in [7, 11) is 0. The molecular weight excluding hydrogens is 256 g/mol. The van der Waals surface area contributed by atoms with Crippen molar-refractivity contribution in [3.05, 3.63) is 11.4 Å². The summed E-state index contributed by atoms with van der Waals surface area (Å²) in [5, 5.41) is 14.2. The molecule has 0 amide bonds. The Hall–Kier alpha value is -1.32. The molecule has 1 atom stereocenters. The second-order valence-corrected chi connectivity index (χ2v) is 3.20. The van der Waals surface area contributed by atoms with Crippen molar-refractivity contribution in [2.45, 2.75) is 31.9 Å². The maximum absolute atomic E-state index is 12.5. The fourth-order valence-corrected chi connectivity index (χ4v) is 1.14. The van der Waals surface area contributed by atoms with Crippen LogP contribution in [0.3, 0.4) is 0 Å². The van der Waals surface area contributed by atoms with Crippen LogP contribution in [0.25, 0.3) is 0 Å². The van der Waals surface area contributed by atoms with Crippen molar-refractivity contribution >= 4 is 0 Å². The largest absolute Gasteiger partial charge is 0.435 e. The number of halogens is 6. The average molecular weight is 263 g/mol. The van der Waals surface area contributed by atoms with E-state index in [1.165, 1.54) is 0 Å². The molecule has 0 aliphatic heterocycles. The van der Waals surface area contributed by atoms with E-state index in [-0.39, 0.29) is 4.68 Å². The second-order valence-electron chi connectivity index (χ2n) is 3.20. The van der Waals surface area contributed by atoms with E-state index >= 15 is 0 Å². The number of alkyl halides is 6. The molecule has 0 aromatic carbocycles. The maximum atomic E-state index is 12.5. The van der Waals surface area contributed by atoms with Gasteiger partial charge >= 0.3 is 12.4 Å². The molecule has 1 rings (SSSR count). The summed E-state index contributed by atoms with van der Waals surface area (Å²) < 4.78 is 74.1. The average Bonchev–Trinajstić information content (AvgIpc) is 2.57. The number of aliphatic hydroxyl groups excluding tert-OH is 1. The smallest absolute Gasteiger partial charge is 0.390 e. The Morgan fingerprint density at radius 2 is 1.76 bits per heavy atom. The van der Waals surface area contributed by atoms with E-state index in [0.29, 0.717) is 6.92 Å². The highest BCUT2D eigenvalue weighted by molar-refractivity contribution is 5.14. The number of aromatic nitrogens is 3. The lowest BCUT2D eigenvalue weighted by Crippen LogP contribution is -2.29. The molecule has 1 N–H and O–H groups in total. The van der Waals surface area contributed by atoms with Crippen LogP contribution in [0.2, 0.25) is 0 Å². The normalized spacial score (nSPS) is 15.1. The van der Waals surface area contributed by atoms with Gasteiger partial charge in [-0.05, 0) is 6.92 Å². The highest BCUT2D eigenvalue weighted by atomic mass is 19.4. The van der Waals surface area contributed by atoms with E-state index < -0.39 is 36.4 Å². The Bertz CT molecular complexity index is 395. The molecule has 0 radical (unpaired) electrons. The minimum Gasteiger partial charge on any atom is -0.390 e. The lowest BCUT2D eigenvalue weighted by molar-refractivity contribution is -0.177. The molecule has 0 fully saturated rings. The highest BCUT2D eigenvalue weighted by Gasteiger charge is 2.46. The highest BCUT2D eigenvalue weighted by Crippen LogP contribution is 2.37. The molecule has 4 nitrogen and oxygen atoms in total. The Labute approximate surface area is 90.8 Å². The first-order valence-electron chi connectivity index (χ1n) is 4.28. The van der Waals surface area contributed by atoms with Crippen molar-refractivity contribution in [3.63, 3.8) is 0 Å². The van der Waals surface area contributed by atoms with Gasteiger partial charge in [0, 0.05) is 0 Å². The molecule has 0 bridgehead atoms. The standard InChI is InChI=1S/C7H7F6N3O/c1-3(6(8,9)10)16-5(7(11,12)13)4(2-17)14-15-16/h3,17H,2H2,1H3. The number of hydrogen-bond acceptors (Lipinski definition) is 3. The van der Waals surface area contributed by atoms with Gasteiger partial charge in [0.05, 0.1) is 6.61 Å². The second kappa shape index (κ2) is 4.17. The van der Waals surface area contributed by atoms with Crippen LogP contribution in [0.15, 0.2) is 0 Å². The van der Waals surface area contributed by atoms with Crippen molar-refractivity contribution in [1.29, 1.82) is 0 Å². The van der Waals surface area contributed by atoms with E-state index in [2.05, 4.69) is 10.3 Å². The Morgan fingerprint density at radius 1 is 1.24 bits per heavy atom. The molecule has 10 heteroatoms. The van der Waals surface area contributed by atoms with Crippen molar-refractivity contribution in [1.82, 2.24) is 15.0 Å². The first kappa shape index (κ1) is 13.7. The lowest BCUT2D eigenvalue weighted by atomic mass is 10.2. The third-order valence-electron chi connectivity index (χ3n) is 2.02. The summed E-state index contributed by atoms with van der Waals surface area (Å²) in [5.74, 6) is 0. The summed E-state index contributed by atoms with van der Waals surface area (Å²) in [5.41, 5.74) is -2.63. The Morgan fingerprint density at radius 3 is 2.12 bits per heavy atom. The molecule has 0 saturated heterocycles. The molecule has 1 unspecified atom stereocenters. The van der Waals surface area contributed by atoms with Gasteiger partial charge in [0.25, 0.3) is 0 Å². The topological polar surface area (TPSA) is 50.9 Å². The first-order valence-corrected chi connectivity index (χ1v) is 4.28. The Kier molecular flexibility index (Phi) is 3.37. The first-order chi connectivity index (χ1) is 7.59. The lowest BCUT2D eigenvalue weighted by Gasteiger charge is -2.19. The van der Waals surface area contributed by atoms with Gasteiger partial charge in [-0.15, -0.1) is 5.10 Å². The number of aliphatic hydroxyl groups is 1. The van der Waals surface area contributed by atoms with Crippen LogP contribution in [0.5, 0.6) is 0 Å². The number of nitrogens with zero attached hydrogens (tertiary/aromatic N) is 3. The van der Waals surface area contributed by atoms with Crippen molar-refractivity contribution in [3.8, 4) is 0 Å². The van der Waals surface area contributed by atoms with Gasteiger partial charge in [-0.25, -0.2) is 4.68 Å². The summed E-state index contributed by atoms with van der Waals surface area (Å²) in [6.45, 7) is -0.621. The zero-order chi connectivity index (χ0) is 13.4. The van der Waals surface area contributed by atoms with Crippen LogP contribution >= 0.6 is 0 Å². The quantitative estimate of drug-likeness (QED) is 0.829. The van der Waals surface area contributed by atoms with E-state index in [1.54, 1.807) is 0 Å². The predicted octanol–water partition coefficient (Wildman–Crippen LogP) is 1.91. The van der Waals surface area contributed by atoms with Crippen LogP contribution in [-0.4, -0.2) is 26.3 Å². The molecule has 1 aromatic rings. The molecule has 1 heterocycles. The molecule has 98 valence electrons. The van der Waals surface area contributed by atoms with E-state index in [4.69, 9.17) is 5.11 Å². The van der Waals surface area contributed by atoms with E-state index in [0.717, 1.165) is 0 Å². The van der Waals surface area contributed by atoms with Crippen LogP contribution in [0.4, 0.5) is 26.3 Å². The van der Waals surface area contributed by atoms with Gasteiger partial charge in [-0.3, -0.25) is 0 Å². The van der Waals surface area contributed by atoms with Gasteiger partial charge in [0.1, 0.15) is 11.7 Å². The monoisotopic (exact) mass is 263 g/mol. The third-order valence-corrected chi connectivity index (χ3v) is 2.02. The van der Waals surface area contributed by atoms with Crippen LogP contribution in [0, 0.1) is 0 Å². The molecule has 0 spiro atoms. The number of rotatable bonds is 2. The molecule has 0 aliphatic rings. The SMILES string of the molecule is CC(n1nnc(CO)c1C(F)(F)F)C(F)(F)F. The predicted molar refractivity (Wildman–Crippen MR) is 41.7 cm³/mol. The molecule has 1 aromatic heterocycles. The summed E-state index contributed by atoms with van der Waals surface area (Å²) in [6.07, 6.45) is -9.96. The fourth-order valence-electron chi connectivity index (χ4n) is 1.14. The zero-order valence-electron chi connectivity index (χ0n) is 8.34. The Balaban J connectivity index is 3.31. The van der Waals surface area contributed by atoms with E-state index in [1.807, 2.05) is 0 Å². The van der Waals surface area contributed by atoms with E-state index in [9.17, 15) is 26.3 Å². The van der Waals surface area contributed by atoms with Crippen LogP contribution in [0.1, 0.15) is 24.4 Å². The van der Waals surface area contributed by atoms with Gasteiger partial charge < -0.3 is 5.11 Å². The molecular formula is C7H7F6N3O. The third kappa shape index (κ3) is 2.68. The van der Waals surface area contributed by atoms with Gasteiger partial charge in [-0.2, -0.15) is 26.3 Å². The van der Waals surface area contributed by atoms with Crippen LogP contribution in [-0.2, 0) is 12.8 Å². The molecule has 0 saturated carbocycles. The van der Waals surface area contributed by atoms with Gasteiger partial charge in [-0.1, -0.05) is 5.21 Å². The maximum Gasteiger partial charge on any atom is 0.435 e. The molecule has 0 aliphatic carbocycles. The van der Waals surface area contributed by atoms with Gasteiger partial charge in [0.2, 0.25) is 0 Å². The van der Waals surface area contributed by atoms with Gasteiger partial charge in [0.15, 0.2) is 5.69 Å². The summed E-state index contributed by atoms with van der Waals surface area (Å²) in [6, 6.07) is -2.48. The van der Waals surface area contributed by atoms with Crippen molar-refractivity contribution in [2.75, 3.05) is 0 Å². The van der Waals surface area contributed by atoms with Crippen molar-refractivity contribution in [2.24, 2.45) is 0 Å². The summed E-state index contributed by atoms with van der Waals surface area (Å²) in [4.78, 5) is 0.